The van der Waals surface area contributed by atoms with Crippen LogP contribution in [0.5, 0.6) is 0 Å². The zero-order valence-electron chi connectivity index (χ0n) is 12.2. The van der Waals surface area contributed by atoms with Crippen molar-refractivity contribution in [3.8, 4) is 0 Å². The summed E-state index contributed by atoms with van der Waals surface area (Å²) in [5, 5.41) is 4.52. The number of ether oxygens (including phenoxy) is 1. The number of hydrogen-bond acceptors (Lipinski definition) is 4. The van der Waals surface area contributed by atoms with Gasteiger partial charge in [0.2, 0.25) is 5.91 Å². The number of rotatable bonds is 4. The van der Waals surface area contributed by atoms with Gasteiger partial charge in [0.15, 0.2) is 0 Å². The molecule has 4 nitrogen and oxygen atoms in total. The molecule has 2 rings (SSSR count). The van der Waals surface area contributed by atoms with Gasteiger partial charge in [-0.3, -0.25) is 4.79 Å². The maximum absolute atomic E-state index is 12.1. The normalized spacial score (nSPS) is 10.2. The molecular formula is C16H17NO3S. The van der Waals surface area contributed by atoms with E-state index >= 15 is 0 Å². The summed E-state index contributed by atoms with van der Waals surface area (Å²) in [4.78, 5) is 24.1. The summed E-state index contributed by atoms with van der Waals surface area (Å²) >= 11 is 1.25. The standard InChI is InChI=1S/C16H17NO3S/c1-10-4-5-11(2)12(8-10)9-14(18)17-13-6-7-21-15(13)16(19)20-3/h4-8H,9H2,1-3H3,(H,17,18). The van der Waals surface area contributed by atoms with E-state index in [1.807, 2.05) is 32.0 Å². The van der Waals surface area contributed by atoms with Gasteiger partial charge in [-0.15, -0.1) is 11.3 Å². The topological polar surface area (TPSA) is 55.4 Å². The Kier molecular flexibility index (Phi) is 4.75. The summed E-state index contributed by atoms with van der Waals surface area (Å²) in [5.74, 6) is -0.584. The van der Waals surface area contributed by atoms with Crippen LogP contribution < -0.4 is 5.32 Å². The van der Waals surface area contributed by atoms with Crippen LogP contribution >= 0.6 is 11.3 Å². The third-order valence-electron chi connectivity index (χ3n) is 3.17. The molecule has 0 saturated heterocycles. The molecule has 0 fully saturated rings. The van der Waals surface area contributed by atoms with Gasteiger partial charge in [-0.05, 0) is 36.4 Å². The molecule has 0 bridgehead atoms. The number of esters is 1. The van der Waals surface area contributed by atoms with Crippen LogP contribution in [-0.4, -0.2) is 19.0 Å². The molecule has 1 aromatic carbocycles. The fourth-order valence-electron chi connectivity index (χ4n) is 2.02. The fourth-order valence-corrected chi connectivity index (χ4v) is 2.78. The molecule has 0 atom stereocenters. The number of amides is 1. The fraction of sp³-hybridized carbons (Fsp3) is 0.250. The molecule has 0 spiro atoms. The highest BCUT2D eigenvalue weighted by Crippen LogP contribution is 2.23. The van der Waals surface area contributed by atoms with E-state index in [0.717, 1.165) is 16.7 Å². The summed E-state index contributed by atoms with van der Waals surface area (Å²) in [5.41, 5.74) is 3.69. The zero-order valence-corrected chi connectivity index (χ0v) is 13.0. The SMILES string of the molecule is COC(=O)c1sccc1NC(=O)Cc1cc(C)ccc1C. The van der Waals surface area contributed by atoms with E-state index in [0.29, 0.717) is 10.6 Å². The molecule has 0 radical (unpaired) electrons. The molecule has 0 aliphatic carbocycles. The lowest BCUT2D eigenvalue weighted by Gasteiger charge is -2.08. The molecule has 0 unspecified atom stereocenters. The number of nitrogens with one attached hydrogen (secondary N) is 1. The van der Waals surface area contributed by atoms with E-state index in [4.69, 9.17) is 4.74 Å². The lowest BCUT2D eigenvalue weighted by atomic mass is 10.0. The third-order valence-corrected chi connectivity index (χ3v) is 4.06. The number of anilines is 1. The first-order chi connectivity index (χ1) is 10.0. The number of aryl methyl sites for hydroxylation is 2. The Labute approximate surface area is 127 Å². The van der Waals surface area contributed by atoms with Crippen LogP contribution in [0.4, 0.5) is 5.69 Å². The van der Waals surface area contributed by atoms with Crippen LogP contribution in [0.3, 0.4) is 0 Å². The molecule has 21 heavy (non-hydrogen) atoms. The van der Waals surface area contributed by atoms with Gasteiger partial charge in [-0.2, -0.15) is 0 Å². The molecule has 1 N–H and O–H groups in total. The molecular weight excluding hydrogens is 286 g/mol. The number of carbonyl (C=O) groups excluding carboxylic acids is 2. The first-order valence-electron chi connectivity index (χ1n) is 6.53. The largest absolute Gasteiger partial charge is 0.465 e. The molecule has 0 saturated carbocycles. The van der Waals surface area contributed by atoms with Crippen molar-refractivity contribution in [3.63, 3.8) is 0 Å². The van der Waals surface area contributed by atoms with Crippen molar-refractivity contribution in [1.82, 2.24) is 0 Å². The van der Waals surface area contributed by atoms with Crippen LogP contribution in [-0.2, 0) is 16.0 Å². The monoisotopic (exact) mass is 303 g/mol. The predicted octanol–water partition coefficient (Wildman–Crippen LogP) is 3.33. The third kappa shape index (κ3) is 3.70. The van der Waals surface area contributed by atoms with Crippen LogP contribution in [0.1, 0.15) is 26.4 Å². The Hall–Kier alpha value is -2.14. The van der Waals surface area contributed by atoms with Gasteiger partial charge >= 0.3 is 5.97 Å². The average Bonchev–Trinajstić information content (AvgIpc) is 2.90. The minimum absolute atomic E-state index is 0.146. The van der Waals surface area contributed by atoms with Gasteiger partial charge in [0.05, 0.1) is 19.2 Å². The summed E-state index contributed by atoms with van der Waals surface area (Å²) < 4.78 is 4.69. The van der Waals surface area contributed by atoms with E-state index in [1.165, 1.54) is 18.4 Å². The summed E-state index contributed by atoms with van der Waals surface area (Å²) in [7, 11) is 1.32. The van der Waals surface area contributed by atoms with Gasteiger partial charge < -0.3 is 10.1 Å². The lowest BCUT2D eigenvalue weighted by Crippen LogP contribution is -2.16. The molecule has 0 aliphatic rings. The summed E-state index contributed by atoms with van der Waals surface area (Å²) in [6.45, 7) is 3.97. The first-order valence-corrected chi connectivity index (χ1v) is 7.41. The van der Waals surface area contributed by atoms with Gasteiger partial charge in [-0.1, -0.05) is 23.8 Å². The molecule has 1 aromatic heterocycles. The Morgan fingerprint density at radius 3 is 2.71 bits per heavy atom. The van der Waals surface area contributed by atoms with Gasteiger partial charge in [0.25, 0.3) is 0 Å². The zero-order chi connectivity index (χ0) is 15.4. The van der Waals surface area contributed by atoms with Crippen molar-refractivity contribution < 1.29 is 14.3 Å². The number of benzene rings is 1. The van der Waals surface area contributed by atoms with Crippen molar-refractivity contribution in [2.45, 2.75) is 20.3 Å². The predicted molar refractivity (Wildman–Crippen MR) is 83.9 cm³/mol. The van der Waals surface area contributed by atoms with Gasteiger partial charge in [-0.25, -0.2) is 4.79 Å². The van der Waals surface area contributed by atoms with E-state index in [2.05, 4.69) is 5.32 Å². The van der Waals surface area contributed by atoms with Crippen LogP contribution in [0.15, 0.2) is 29.6 Å². The van der Waals surface area contributed by atoms with E-state index in [-0.39, 0.29) is 12.3 Å². The van der Waals surface area contributed by atoms with Gasteiger partial charge in [0, 0.05) is 0 Å². The van der Waals surface area contributed by atoms with Crippen molar-refractivity contribution >= 4 is 28.9 Å². The highest BCUT2D eigenvalue weighted by Gasteiger charge is 2.16. The lowest BCUT2D eigenvalue weighted by molar-refractivity contribution is -0.115. The maximum Gasteiger partial charge on any atom is 0.350 e. The Bertz CT molecular complexity index is 676. The minimum Gasteiger partial charge on any atom is -0.465 e. The maximum atomic E-state index is 12.1. The Morgan fingerprint density at radius 1 is 1.24 bits per heavy atom. The van der Waals surface area contributed by atoms with E-state index in [1.54, 1.807) is 11.4 Å². The number of methoxy groups -OCH3 is 1. The van der Waals surface area contributed by atoms with Crippen molar-refractivity contribution in [2.24, 2.45) is 0 Å². The first kappa shape index (κ1) is 15.3. The second-order valence-corrected chi connectivity index (χ2v) is 5.73. The Balaban J connectivity index is 2.10. The second kappa shape index (κ2) is 6.54. The summed E-state index contributed by atoms with van der Waals surface area (Å²) in [6.07, 6.45) is 0.282. The highest BCUT2D eigenvalue weighted by atomic mass is 32.1. The van der Waals surface area contributed by atoms with Crippen LogP contribution in [0.2, 0.25) is 0 Å². The van der Waals surface area contributed by atoms with Crippen LogP contribution in [0.25, 0.3) is 0 Å². The molecule has 5 heteroatoms. The molecule has 0 aliphatic heterocycles. The molecule has 110 valence electrons. The summed E-state index contributed by atoms with van der Waals surface area (Å²) in [6, 6.07) is 7.73. The van der Waals surface area contributed by atoms with Crippen LogP contribution in [0, 0.1) is 13.8 Å². The van der Waals surface area contributed by atoms with Crippen molar-refractivity contribution in [3.05, 3.63) is 51.2 Å². The number of carbonyl (C=O) groups is 2. The number of thiophene rings is 1. The van der Waals surface area contributed by atoms with Gasteiger partial charge in [0.1, 0.15) is 4.88 Å². The molecule has 2 aromatic rings. The quantitative estimate of drug-likeness (QED) is 0.881. The van der Waals surface area contributed by atoms with E-state index in [9.17, 15) is 9.59 Å². The second-order valence-electron chi connectivity index (χ2n) is 4.81. The van der Waals surface area contributed by atoms with Crippen molar-refractivity contribution in [2.75, 3.05) is 12.4 Å². The molecule has 1 heterocycles. The Morgan fingerprint density at radius 2 is 2.00 bits per heavy atom. The number of hydrogen-bond donors (Lipinski definition) is 1. The van der Waals surface area contributed by atoms with E-state index < -0.39 is 5.97 Å². The smallest absolute Gasteiger partial charge is 0.350 e. The molecule has 1 amide bonds. The minimum atomic E-state index is -0.438. The van der Waals surface area contributed by atoms with Crippen molar-refractivity contribution in [1.29, 1.82) is 0 Å². The average molecular weight is 303 g/mol. The highest BCUT2D eigenvalue weighted by molar-refractivity contribution is 7.12.